The van der Waals surface area contributed by atoms with Gasteiger partial charge in [0.25, 0.3) is 0 Å². The lowest BCUT2D eigenvalue weighted by molar-refractivity contribution is -0.118. The predicted molar refractivity (Wildman–Crippen MR) is 103 cm³/mol. The van der Waals surface area contributed by atoms with Crippen LogP contribution in [0.2, 0.25) is 0 Å². The highest BCUT2D eigenvalue weighted by Gasteiger charge is 2.57. The van der Waals surface area contributed by atoms with Gasteiger partial charge in [0.05, 0.1) is 5.75 Å². The largest absolute Gasteiger partial charge is 0.326 e. The normalized spacial score (nSPS) is 21.2. The lowest BCUT2D eigenvalue weighted by atomic mass is 9.92. The Labute approximate surface area is 155 Å². The summed E-state index contributed by atoms with van der Waals surface area (Å²) in [5, 5.41) is 6.29. The number of anilines is 2. The summed E-state index contributed by atoms with van der Waals surface area (Å²) < 4.78 is 26.0. The molecule has 2 aliphatic rings. The highest BCUT2D eigenvalue weighted by molar-refractivity contribution is 7.92. The number of amides is 1. The Balaban J connectivity index is 0.00000225. The molecule has 2 fully saturated rings. The van der Waals surface area contributed by atoms with E-state index in [0.717, 1.165) is 32.4 Å². The molecule has 1 saturated heterocycles. The van der Waals surface area contributed by atoms with Gasteiger partial charge in [0.15, 0.2) is 0 Å². The Morgan fingerprint density at radius 3 is 2.40 bits per heavy atom. The molecule has 0 radical (unpaired) electrons. The quantitative estimate of drug-likeness (QED) is 0.700. The van der Waals surface area contributed by atoms with Gasteiger partial charge in [0.2, 0.25) is 15.9 Å². The van der Waals surface area contributed by atoms with E-state index in [0.29, 0.717) is 17.8 Å². The Kier molecular flexibility index (Phi) is 6.35. The lowest BCUT2D eigenvalue weighted by Crippen LogP contribution is -2.31. The van der Waals surface area contributed by atoms with Crippen molar-refractivity contribution in [1.29, 1.82) is 0 Å². The summed E-state index contributed by atoms with van der Waals surface area (Å²) >= 11 is 0. The fourth-order valence-corrected chi connectivity index (χ4v) is 4.68. The molecule has 8 heteroatoms. The SMILES string of the molecule is CCCS(=O)(=O)Nc1ccc(NC(=O)C2CC23CCNCC3)cc1.Cl. The summed E-state index contributed by atoms with van der Waals surface area (Å²) in [5.41, 5.74) is 1.43. The minimum absolute atomic E-state index is 0. The summed E-state index contributed by atoms with van der Waals surface area (Å²) in [6, 6.07) is 6.82. The molecule has 1 heterocycles. The second kappa shape index (κ2) is 7.93. The molecule has 0 bridgehead atoms. The van der Waals surface area contributed by atoms with Crippen LogP contribution in [-0.4, -0.2) is 33.2 Å². The predicted octanol–water partition coefficient (Wildman–Crippen LogP) is 2.59. The number of nitrogens with one attached hydrogen (secondary N) is 3. The first kappa shape index (κ1) is 20.0. The Hall–Kier alpha value is -1.31. The number of rotatable bonds is 6. The Bertz CT molecular complexity index is 700. The van der Waals surface area contributed by atoms with E-state index in [4.69, 9.17) is 0 Å². The van der Waals surface area contributed by atoms with E-state index < -0.39 is 10.0 Å². The van der Waals surface area contributed by atoms with Crippen molar-refractivity contribution in [2.24, 2.45) is 11.3 Å². The van der Waals surface area contributed by atoms with Gasteiger partial charge >= 0.3 is 0 Å². The van der Waals surface area contributed by atoms with Crippen LogP contribution in [-0.2, 0) is 14.8 Å². The molecular formula is C17H26ClN3O3S. The van der Waals surface area contributed by atoms with Crippen molar-refractivity contribution in [3.05, 3.63) is 24.3 Å². The summed E-state index contributed by atoms with van der Waals surface area (Å²) in [4.78, 5) is 12.4. The van der Waals surface area contributed by atoms with Crippen molar-refractivity contribution in [3.63, 3.8) is 0 Å². The first-order valence-electron chi connectivity index (χ1n) is 8.56. The van der Waals surface area contributed by atoms with Crippen molar-refractivity contribution in [2.45, 2.75) is 32.6 Å². The van der Waals surface area contributed by atoms with Crippen LogP contribution < -0.4 is 15.4 Å². The maximum absolute atomic E-state index is 12.4. The number of carbonyl (C=O) groups excluding carboxylic acids is 1. The van der Waals surface area contributed by atoms with Gasteiger partial charge < -0.3 is 10.6 Å². The summed E-state index contributed by atoms with van der Waals surface area (Å²) in [5.74, 6) is 0.294. The molecule has 1 aromatic carbocycles. The van der Waals surface area contributed by atoms with Gasteiger partial charge in [-0.05, 0) is 68.5 Å². The van der Waals surface area contributed by atoms with Crippen LogP contribution in [0, 0.1) is 11.3 Å². The van der Waals surface area contributed by atoms with Crippen molar-refractivity contribution >= 4 is 39.7 Å². The monoisotopic (exact) mass is 387 g/mol. The third kappa shape index (κ3) is 4.86. The van der Waals surface area contributed by atoms with Gasteiger partial charge in [-0.2, -0.15) is 0 Å². The molecule has 1 aromatic rings. The molecule has 1 atom stereocenters. The molecule has 1 unspecified atom stereocenters. The van der Waals surface area contributed by atoms with Crippen molar-refractivity contribution < 1.29 is 13.2 Å². The van der Waals surface area contributed by atoms with Crippen LogP contribution in [0.15, 0.2) is 24.3 Å². The van der Waals surface area contributed by atoms with Crippen molar-refractivity contribution in [2.75, 3.05) is 28.9 Å². The standard InChI is InChI=1S/C17H25N3O3S.ClH/c1-2-11-24(22,23)20-14-5-3-13(4-6-14)19-16(21)15-12-17(15)7-9-18-10-8-17;/h3-6,15,18,20H,2,7-12H2,1H3,(H,19,21);1H. The second-order valence-electron chi connectivity index (χ2n) is 6.86. The van der Waals surface area contributed by atoms with E-state index in [9.17, 15) is 13.2 Å². The maximum atomic E-state index is 12.4. The van der Waals surface area contributed by atoms with Crippen LogP contribution in [0.25, 0.3) is 0 Å². The van der Waals surface area contributed by atoms with Gasteiger partial charge in [0.1, 0.15) is 0 Å². The number of benzene rings is 1. The van der Waals surface area contributed by atoms with E-state index >= 15 is 0 Å². The third-order valence-electron chi connectivity index (χ3n) is 5.00. The number of sulfonamides is 1. The van der Waals surface area contributed by atoms with Crippen LogP contribution in [0.3, 0.4) is 0 Å². The number of hydrogen-bond donors (Lipinski definition) is 3. The molecule has 3 N–H and O–H groups in total. The van der Waals surface area contributed by atoms with E-state index in [2.05, 4.69) is 15.4 Å². The lowest BCUT2D eigenvalue weighted by Gasteiger charge is -2.23. The van der Waals surface area contributed by atoms with Crippen LogP contribution >= 0.6 is 12.4 Å². The first-order chi connectivity index (χ1) is 11.4. The van der Waals surface area contributed by atoms with E-state index in [1.165, 1.54) is 0 Å². The highest BCUT2D eigenvalue weighted by atomic mass is 35.5. The second-order valence-corrected chi connectivity index (χ2v) is 8.70. The zero-order chi connectivity index (χ0) is 17.2. The molecule has 3 rings (SSSR count). The molecule has 6 nitrogen and oxygen atoms in total. The average molecular weight is 388 g/mol. The van der Waals surface area contributed by atoms with Gasteiger partial charge in [-0.15, -0.1) is 12.4 Å². The van der Waals surface area contributed by atoms with E-state index in [-0.39, 0.29) is 35.4 Å². The molecule has 1 aliphatic carbocycles. The fourth-order valence-electron chi connectivity index (χ4n) is 3.55. The van der Waals surface area contributed by atoms with Gasteiger partial charge in [-0.3, -0.25) is 9.52 Å². The molecule has 140 valence electrons. The first-order valence-corrected chi connectivity index (χ1v) is 10.2. The molecule has 1 aliphatic heterocycles. The molecule has 1 spiro atoms. The van der Waals surface area contributed by atoms with Crippen molar-refractivity contribution in [3.8, 4) is 0 Å². The highest BCUT2D eigenvalue weighted by Crippen LogP contribution is 2.58. The van der Waals surface area contributed by atoms with Crippen LogP contribution in [0.4, 0.5) is 11.4 Å². The van der Waals surface area contributed by atoms with E-state index in [1.807, 2.05) is 6.92 Å². The zero-order valence-electron chi connectivity index (χ0n) is 14.4. The maximum Gasteiger partial charge on any atom is 0.232 e. The smallest absolute Gasteiger partial charge is 0.232 e. The summed E-state index contributed by atoms with van der Waals surface area (Å²) in [6.07, 6.45) is 3.70. The Morgan fingerprint density at radius 1 is 1.20 bits per heavy atom. The van der Waals surface area contributed by atoms with Crippen molar-refractivity contribution in [1.82, 2.24) is 5.32 Å². The number of carbonyl (C=O) groups is 1. The molecule has 25 heavy (non-hydrogen) atoms. The molecule has 1 saturated carbocycles. The minimum atomic E-state index is -3.29. The van der Waals surface area contributed by atoms with Gasteiger partial charge in [0, 0.05) is 17.3 Å². The molecular weight excluding hydrogens is 362 g/mol. The minimum Gasteiger partial charge on any atom is -0.326 e. The van der Waals surface area contributed by atoms with Gasteiger partial charge in [-0.25, -0.2) is 8.42 Å². The number of halogens is 1. The summed E-state index contributed by atoms with van der Waals surface area (Å²) in [7, 11) is -3.29. The number of piperidine rings is 1. The van der Waals surface area contributed by atoms with E-state index in [1.54, 1.807) is 24.3 Å². The summed E-state index contributed by atoms with van der Waals surface area (Å²) in [6.45, 7) is 3.82. The fraction of sp³-hybridized carbons (Fsp3) is 0.588. The van der Waals surface area contributed by atoms with Gasteiger partial charge in [-0.1, -0.05) is 6.92 Å². The van der Waals surface area contributed by atoms with Crippen LogP contribution in [0.1, 0.15) is 32.6 Å². The Morgan fingerprint density at radius 2 is 1.80 bits per heavy atom. The zero-order valence-corrected chi connectivity index (χ0v) is 16.0. The van der Waals surface area contributed by atoms with Crippen LogP contribution in [0.5, 0.6) is 0 Å². The molecule has 0 aromatic heterocycles. The average Bonchev–Trinajstić information content (AvgIpc) is 3.23. The number of hydrogen-bond acceptors (Lipinski definition) is 4. The molecule has 1 amide bonds. The third-order valence-corrected chi connectivity index (χ3v) is 6.50. The topological polar surface area (TPSA) is 87.3 Å².